The highest BCUT2D eigenvalue weighted by molar-refractivity contribution is 6.07. The topological polar surface area (TPSA) is 53.4 Å². The van der Waals surface area contributed by atoms with Crippen LogP contribution in [0, 0.1) is 6.92 Å². The highest BCUT2D eigenvalue weighted by Crippen LogP contribution is 2.31. The summed E-state index contributed by atoms with van der Waals surface area (Å²) in [6.07, 6.45) is 5.13. The van der Waals surface area contributed by atoms with Crippen LogP contribution in [0.15, 0.2) is 30.5 Å². The van der Waals surface area contributed by atoms with Crippen molar-refractivity contribution in [3.8, 4) is 11.5 Å². The fraction of sp³-hybridized carbons (Fsp3) is 0.294. The number of rotatable bonds is 4. The van der Waals surface area contributed by atoms with E-state index in [1.807, 2.05) is 18.5 Å². The van der Waals surface area contributed by atoms with Crippen LogP contribution in [0.2, 0.25) is 0 Å². The number of aromatic nitrogens is 2. The Bertz CT molecular complexity index is 732. The van der Waals surface area contributed by atoms with Crippen LogP contribution in [0.5, 0.6) is 11.5 Å². The van der Waals surface area contributed by atoms with Gasteiger partial charge in [-0.05, 0) is 44.2 Å². The van der Waals surface area contributed by atoms with Crippen molar-refractivity contribution >= 4 is 11.9 Å². The molecule has 0 aliphatic carbocycles. The Morgan fingerprint density at radius 2 is 2.09 bits per heavy atom. The maximum absolute atomic E-state index is 12.3. The average molecular weight is 298 g/mol. The van der Waals surface area contributed by atoms with Gasteiger partial charge in [0, 0.05) is 23.4 Å². The monoisotopic (exact) mass is 298 g/mol. The van der Waals surface area contributed by atoms with Gasteiger partial charge in [0.1, 0.15) is 13.2 Å². The largest absolute Gasteiger partial charge is 0.486 e. The standard InChI is InChI=1S/C17H18N2O3/c1-3-19-12(2)14(11-18-19)4-6-15(20)13-5-7-16-17(10-13)22-9-8-21-16/h4-7,10-11H,3,8-9H2,1-2H3/b6-4-. The molecule has 0 atom stereocenters. The molecule has 5 heteroatoms. The van der Waals surface area contributed by atoms with Crippen molar-refractivity contribution in [2.75, 3.05) is 13.2 Å². The van der Waals surface area contributed by atoms with Crippen molar-refractivity contribution in [2.45, 2.75) is 20.4 Å². The second-order valence-corrected chi connectivity index (χ2v) is 5.06. The van der Waals surface area contributed by atoms with Crippen LogP contribution in [-0.4, -0.2) is 28.8 Å². The molecular weight excluding hydrogens is 280 g/mol. The number of carbonyl (C=O) groups is 1. The number of nitrogens with zero attached hydrogens (tertiary/aromatic N) is 2. The summed E-state index contributed by atoms with van der Waals surface area (Å²) in [6, 6.07) is 5.25. The number of allylic oxidation sites excluding steroid dienone is 1. The van der Waals surface area contributed by atoms with Gasteiger partial charge in [0.2, 0.25) is 0 Å². The van der Waals surface area contributed by atoms with Gasteiger partial charge in [-0.25, -0.2) is 0 Å². The van der Waals surface area contributed by atoms with E-state index in [9.17, 15) is 4.79 Å². The molecule has 2 heterocycles. The van der Waals surface area contributed by atoms with E-state index in [1.165, 1.54) is 0 Å². The minimum absolute atomic E-state index is 0.0689. The van der Waals surface area contributed by atoms with E-state index in [-0.39, 0.29) is 5.78 Å². The molecule has 1 aromatic carbocycles. The van der Waals surface area contributed by atoms with Crippen molar-refractivity contribution in [2.24, 2.45) is 0 Å². The third-order valence-corrected chi connectivity index (χ3v) is 3.68. The third-order valence-electron chi connectivity index (χ3n) is 3.68. The van der Waals surface area contributed by atoms with E-state index in [2.05, 4.69) is 5.10 Å². The Hall–Kier alpha value is -2.56. The first-order valence-corrected chi connectivity index (χ1v) is 7.33. The van der Waals surface area contributed by atoms with Crippen molar-refractivity contribution in [1.29, 1.82) is 0 Å². The maximum atomic E-state index is 12.3. The first kappa shape index (κ1) is 14.4. The highest BCUT2D eigenvalue weighted by Gasteiger charge is 2.13. The Balaban J connectivity index is 1.79. The summed E-state index contributed by atoms with van der Waals surface area (Å²) in [5.41, 5.74) is 2.59. The van der Waals surface area contributed by atoms with Crippen LogP contribution < -0.4 is 9.47 Å². The van der Waals surface area contributed by atoms with Gasteiger partial charge in [-0.3, -0.25) is 9.48 Å². The summed E-state index contributed by atoms with van der Waals surface area (Å²) in [7, 11) is 0. The molecule has 5 nitrogen and oxygen atoms in total. The van der Waals surface area contributed by atoms with Crippen LogP contribution in [0.4, 0.5) is 0 Å². The van der Waals surface area contributed by atoms with Crippen LogP contribution in [0.1, 0.15) is 28.5 Å². The lowest BCUT2D eigenvalue weighted by molar-refractivity contribution is 0.104. The second-order valence-electron chi connectivity index (χ2n) is 5.06. The number of carbonyl (C=O) groups excluding carboxylic acids is 1. The average Bonchev–Trinajstić information content (AvgIpc) is 2.92. The Kier molecular flexibility index (Phi) is 3.96. The van der Waals surface area contributed by atoms with Crippen LogP contribution in [0.25, 0.3) is 6.08 Å². The molecule has 0 unspecified atom stereocenters. The van der Waals surface area contributed by atoms with E-state index < -0.39 is 0 Å². The fourth-order valence-corrected chi connectivity index (χ4v) is 2.40. The summed E-state index contributed by atoms with van der Waals surface area (Å²) < 4.78 is 12.8. The third kappa shape index (κ3) is 2.74. The van der Waals surface area contributed by atoms with Gasteiger partial charge < -0.3 is 9.47 Å². The SMILES string of the molecule is CCn1ncc(/C=C\C(=O)c2ccc3c(c2)OCCO3)c1C. The lowest BCUT2D eigenvalue weighted by Gasteiger charge is -2.18. The number of ether oxygens (including phenoxy) is 2. The molecular formula is C17H18N2O3. The van der Waals surface area contributed by atoms with Crippen molar-refractivity contribution in [3.63, 3.8) is 0 Å². The molecule has 0 amide bonds. The number of fused-ring (bicyclic) bond motifs is 1. The zero-order valence-corrected chi connectivity index (χ0v) is 12.7. The van der Waals surface area contributed by atoms with E-state index in [4.69, 9.17) is 9.47 Å². The van der Waals surface area contributed by atoms with E-state index in [1.54, 1.807) is 36.5 Å². The number of ketones is 1. The Labute approximate surface area is 129 Å². The summed E-state index contributed by atoms with van der Waals surface area (Å²) in [4.78, 5) is 12.3. The van der Waals surface area contributed by atoms with Gasteiger partial charge in [-0.2, -0.15) is 5.10 Å². The van der Waals surface area contributed by atoms with Gasteiger partial charge >= 0.3 is 0 Å². The fourth-order valence-electron chi connectivity index (χ4n) is 2.40. The Morgan fingerprint density at radius 3 is 2.82 bits per heavy atom. The molecule has 0 fully saturated rings. The summed E-state index contributed by atoms with van der Waals surface area (Å²) >= 11 is 0. The summed E-state index contributed by atoms with van der Waals surface area (Å²) in [5.74, 6) is 1.24. The van der Waals surface area contributed by atoms with E-state index in [0.29, 0.717) is 30.3 Å². The molecule has 0 saturated carbocycles. The first-order valence-electron chi connectivity index (χ1n) is 7.33. The Morgan fingerprint density at radius 1 is 1.32 bits per heavy atom. The number of hydrogen-bond donors (Lipinski definition) is 0. The molecule has 0 saturated heterocycles. The maximum Gasteiger partial charge on any atom is 0.185 e. The molecule has 0 spiro atoms. The summed E-state index contributed by atoms with van der Waals surface area (Å²) in [5, 5.41) is 4.26. The molecule has 0 N–H and O–H groups in total. The lowest BCUT2D eigenvalue weighted by Crippen LogP contribution is -2.15. The number of benzene rings is 1. The molecule has 1 aliphatic heterocycles. The van der Waals surface area contributed by atoms with Crippen LogP contribution >= 0.6 is 0 Å². The molecule has 22 heavy (non-hydrogen) atoms. The molecule has 3 rings (SSSR count). The predicted molar refractivity (Wildman–Crippen MR) is 83.4 cm³/mol. The molecule has 114 valence electrons. The van der Waals surface area contributed by atoms with E-state index in [0.717, 1.165) is 17.8 Å². The molecule has 0 bridgehead atoms. The predicted octanol–water partition coefficient (Wildman–Crippen LogP) is 2.88. The zero-order chi connectivity index (χ0) is 15.5. The van der Waals surface area contributed by atoms with Gasteiger partial charge in [0.15, 0.2) is 17.3 Å². The quantitative estimate of drug-likeness (QED) is 0.643. The number of hydrogen-bond acceptors (Lipinski definition) is 4. The van der Waals surface area contributed by atoms with Gasteiger partial charge in [-0.15, -0.1) is 0 Å². The molecule has 0 radical (unpaired) electrons. The number of aryl methyl sites for hydroxylation is 1. The normalized spacial score (nSPS) is 13.5. The first-order chi connectivity index (χ1) is 10.7. The minimum atomic E-state index is -0.0689. The lowest BCUT2D eigenvalue weighted by atomic mass is 10.1. The van der Waals surface area contributed by atoms with Crippen LogP contribution in [-0.2, 0) is 6.54 Å². The zero-order valence-electron chi connectivity index (χ0n) is 12.7. The van der Waals surface area contributed by atoms with Crippen LogP contribution in [0.3, 0.4) is 0 Å². The molecule has 1 aliphatic rings. The highest BCUT2D eigenvalue weighted by atomic mass is 16.6. The van der Waals surface area contributed by atoms with Crippen molar-refractivity contribution in [3.05, 3.63) is 47.3 Å². The second kappa shape index (κ2) is 6.05. The van der Waals surface area contributed by atoms with E-state index >= 15 is 0 Å². The summed E-state index contributed by atoms with van der Waals surface area (Å²) in [6.45, 7) is 5.89. The minimum Gasteiger partial charge on any atom is -0.486 e. The van der Waals surface area contributed by atoms with Crippen molar-refractivity contribution < 1.29 is 14.3 Å². The van der Waals surface area contributed by atoms with Gasteiger partial charge in [-0.1, -0.05) is 0 Å². The van der Waals surface area contributed by atoms with Gasteiger partial charge in [0.25, 0.3) is 0 Å². The smallest absolute Gasteiger partial charge is 0.185 e. The van der Waals surface area contributed by atoms with Gasteiger partial charge in [0.05, 0.1) is 6.20 Å². The molecule has 1 aromatic heterocycles. The van der Waals surface area contributed by atoms with Crippen molar-refractivity contribution in [1.82, 2.24) is 9.78 Å². The molecule has 2 aromatic rings.